The molecule has 0 aliphatic heterocycles. The van der Waals surface area contributed by atoms with Crippen LogP contribution in [0.3, 0.4) is 0 Å². The van der Waals surface area contributed by atoms with Crippen LogP contribution in [-0.2, 0) is 20.7 Å². The number of methoxy groups -OCH3 is 1. The minimum absolute atomic E-state index is 0.0472. The number of benzene rings is 1. The van der Waals surface area contributed by atoms with Gasteiger partial charge in [0.25, 0.3) is 0 Å². The van der Waals surface area contributed by atoms with Crippen molar-refractivity contribution in [2.24, 2.45) is 0 Å². The molecule has 1 aromatic carbocycles. The van der Waals surface area contributed by atoms with Gasteiger partial charge in [-0.1, -0.05) is 49.6 Å². The van der Waals surface area contributed by atoms with Crippen LogP contribution in [0.15, 0.2) is 41.5 Å². The molecule has 0 saturated heterocycles. The molecule has 0 bridgehead atoms. The van der Waals surface area contributed by atoms with Gasteiger partial charge >= 0.3 is 0 Å². The predicted molar refractivity (Wildman–Crippen MR) is 96.0 cm³/mol. The minimum atomic E-state index is 0.0472. The van der Waals surface area contributed by atoms with E-state index in [4.69, 9.17) is 4.74 Å². The first-order chi connectivity index (χ1) is 11.7. The number of Topliss-reactive ketones (excluding diaryl/α,β-unsaturated/α-hetero) is 2. The summed E-state index contributed by atoms with van der Waals surface area (Å²) < 4.78 is 5.04. The molecule has 3 heteroatoms. The van der Waals surface area contributed by atoms with Crippen molar-refractivity contribution < 1.29 is 14.3 Å². The second kappa shape index (κ2) is 10.2. The van der Waals surface area contributed by atoms with Crippen molar-refractivity contribution in [1.82, 2.24) is 0 Å². The highest BCUT2D eigenvalue weighted by Gasteiger charge is 2.29. The number of allylic oxidation sites excluding steroid dienone is 2. The smallest absolute Gasteiger partial charge is 0.166 e. The molecule has 0 aromatic heterocycles. The zero-order chi connectivity index (χ0) is 17.2. The molecule has 1 aromatic rings. The molecule has 0 unspecified atom stereocenters. The van der Waals surface area contributed by atoms with E-state index in [-0.39, 0.29) is 18.0 Å². The summed E-state index contributed by atoms with van der Waals surface area (Å²) in [4.78, 5) is 24.2. The Morgan fingerprint density at radius 3 is 2.12 bits per heavy atom. The summed E-state index contributed by atoms with van der Waals surface area (Å²) in [6.07, 6.45) is 7.91. The number of rotatable bonds is 11. The fourth-order valence-electron chi connectivity index (χ4n) is 3.27. The Morgan fingerprint density at radius 2 is 1.42 bits per heavy atom. The fraction of sp³-hybridized carbons (Fsp3) is 0.524. The highest BCUT2D eigenvalue weighted by Crippen LogP contribution is 2.28. The van der Waals surface area contributed by atoms with E-state index in [1.807, 2.05) is 18.2 Å². The highest BCUT2D eigenvalue weighted by molar-refractivity contribution is 6.22. The Balaban J connectivity index is 1.82. The van der Waals surface area contributed by atoms with Gasteiger partial charge in [-0.05, 0) is 37.7 Å². The number of ketones is 2. The van der Waals surface area contributed by atoms with Gasteiger partial charge in [0.2, 0.25) is 0 Å². The monoisotopic (exact) mass is 328 g/mol. The standard InChI is InChI=1S/C21H28O3/c1-24-15-9-4-2-3-8-12-18-19(21(23)16-20(18)22)14-13-17-10-6-5-7-11-17/h5-7,10-11H,2-4,8-9,12-16H2,1H3. The average Bonchev–Trinajstić information content (AvgIpc) is 2.86. The van der Waals surface area contributed by atoms with Crippen molar-refractivity contribution >= 4 is 11.6 Å². The van der Waals surface area contributed by atoms with Gasteiger partial charge in [0.05, 0.1) is 6.42 Å². The van der Waals surface area contributed by atoms with Gasteiger partial charge in [0.1, 0.15) is 0 Å². The summed E-state index contributed by atoms with van der Waals surface area (Å²) in [6.45, 7) is 0.821. The Hall–Kier alpha value is -1.74. The van der Waals surface area contributed by atoms with E-state index in [2.05, 4.69) is 12.1 Å². The zero-order valence-corrected chi connectivity index (χ0v) is 14.7. The molecule has 1 aliphatic rings. The van der Waals surface area contributed by atoms with Gasteiger partial charge in [-0.2, -0.15) is 0 Å². The minimum Gasteiger partial charge on any atom is -0.385 e. The third kappa shape index (κ3) is 5.72. The molecule has 0 fully saturated rings. The van der Waals surface area contributed by atoms with Gasteiger partial charge < -0.3 is 4.74 Å². The molecular weight excluding hydrogens is 300 g/mol. The first-order valence-electron chi connectivity index (χ1n) is 9.03. The van der Waals surface area contributed by atoms with Crippen molar-refractivity contribution in [3.8, 4) is 0 Å². The Labute approximate surface area is 145 Å². The maximum atomic E-state index is 12.1. The number of hydrogen-bond acceptors (Lipinski definition) is 3. The Morgan fingerprint density at radius 1 is 0.792 bits per heavy atom. The molecule has 0 N–H and O–H groups in total. The molecule has 0 radical (unpaired) electrons. The topological polar surface area (TPSA) is 43.4 Å². The van der Waals surface area contributed by atoms with Gasteiger partial charge in [-0.3, -0.25) is 9.59 Å². The van der Waals surface area contributed by atoms with Crippen LogP contribution in [-0.4, -0.2) is 25.3 Å². The predicted octanol–water partition coefficient (Wildman–Crippen LogP) is 4.44. The molecule has 0 saturated carbocycles. The van der Waals surface area contributed by atoms with Gasteiger partial charge in [-0.25, -0.2) is 0 Å². The van der Waals surface area contributed by atoms with E-state index in [0.29, 0.717) is 6.42 Å². The quantitative estimate of drug-likeness (QED) is 0.445. The normalized spacial score (nSPS) is 14.7. The molecular formula is C21H28O3. The molecule has 0 spiro atoms. The van der Waals surface area contributed by atoms with Gasteiger partial charge in [-0.15, -0.1) is 0 Å². The molecule has 0 atom stereocenters. The number of unbranched alkanes of at least 4 members (excludes halogenated alkanes) is 4. The average molecular weight is 328 g/mol. The molecule has 3 nitrogen and oxygen atoms in total. The van der Waals surface area contributed by atoms with Crippen LogP contribution in [0.1, 0.15) is 56.9 Å². The van der Waals surface area contributed by atoms with E-state index in [9.17, 15) is 9.59 Å². The van der Waals surface area contributed by atoms with Crippen molar-refractivity contribution in [3.63, 3.8) is 0 Å². The van der Waals surface area contributed by atoms with Crippen molar-refractivity contribution in [2.75, 3.05) is 13.7 Å². The van der Waals surface area contributed by atoms with Crippen LogP contribution in [0.5, 0.6) is 0 Å². The third-order valence-electron chi connectivity index (χ3n) is 4.64. The second-order valence-electron chi connectivity index (χ2n) is 6.48. The van der Waals surface area contributed by atoms with Crippen LogP contribution >= 0.6 is 0 Å². The summed E-state index contributed by atoms with van der Waals surface area (Å²) in [7, 11) is 1.73. The summed E-state index contributed by atoms with van der Waals surface area (Å²) in [5.41, 5.74) is 2.82. The fourth-order valence-corrected chi connectivity index (χ4v) is 3.27. The SMILES string of the molecule is COCCCCCCCC1=C(CCc2ccccc2)C(=O)CC1=O. The molecule has 1 aliphatic carbocycles. The highest BCUT2D eigenvalue weighted by atomic mass is 16.5. The van der Waals surface area contributed by atoms with Crippen LogP contribution in [0, 0.1) is 0 Å². The van der Waals surface area contributed by atoms with Crippen LogP contribution in [0.2, 0.25) is 0 Å². The summed E-state index contributed by atoms with van der Waals surface area (Å²) >= 11 is 0. The largest absolute Gasteiger partial charge is 0.385 e. The number of hydrogen-bond donors (Lipinski definition) is 0. The Bertz CT molecular complexity index is 572. The lowest BCUT2D eigenvalue weighted by Gasteiger charge is -2.06. The maximum absolute atomic E-state index is 12.1. The van der Waals surface area contributed by atoms with Crippen molar-refractivity contribution in [3.05, 3.63) is 47.0 Å². The molecule has 0 amide bonds. The summed E-state index contributed by atoms with van der Waals surface area (Å²) in [5, 5.41) is 0. The lowest BCUT2D eigenvalue weighted by atomic mass is 9.97. The van der Waals surface area contributed by atoms with Crippen LogP contribution in [0.25, 0.3) is 0 Å². The van der Waals surface area contributed by atoms with E-state index < -0.39 is 0 Å². The summed E-state index contributed by atoms with van der Waals surface area (Å²) in [5.74, 6) is 0.105. The number of aryl methyl sites for hydroxylation is 1. The van der Waals surface area contributed by atoms with Crippen molar-refractivity contribution in [1.29, 1.82) is 0 Å². The van der Waals surface area contributed by atoms with E-state index in [1.54, 1.807) is 7.11 Å². The first kappa shape index (κ1) is 18.6. The van der Waals surface area contributed by atoms with E-state index in [1.165, 1.54) is 12.0 Å². The first-order valence-corrected chi connectivity index (χ1v) is 9.03. The molecule has 24 heavy (non-hydrogen) atoms. The maximum Gasteiger partial charge on any atom is 0.166 e. The molecule has 2 rings (SSSR count). The Kier molecular flexibility index (Phi) is 7.90. The van der Waals surface area contributed by atoms with Crippen molar-refractivity contribution in [2.45, 2.75) is 57.8 Å². The lowest BCUT2D eigenvalue weighted by Crippen LogP contribution is -1.99. The summed E-state index contributed by atoms with van der Waals surface area (Å²) in [6, 6.07) is 10.2. The van der Waals surface area contributed by atoms with Gasteiger partial charge in [0.15, 0.2) is 11.6 Å². The van der Waals surface area contributed by atoms with E-state index in [0.717, 1.165) is 56.3 Å². The van der Waals surface area contributed by atoms with Crippen LogP contribution in [0.4, 0.5) is 0 Å². The second-order valence-corrected chi connectivity index (χ2v) is 6.48. The third-order valence-corrected chi connectivity index (χ3v) is 4.64. The lowest BCUT2D eigenvalue weighted by molar-refractivity contribution is -0.121. The molecule has 130 valence electrons. The number of carbonyl (C=O) groups is 2. The molecule has 0 heterocycles. The van der Waals surface area contributed by atoms with Gasteiger partial charge in [0, 0.05) is 24.9 Å². The van der Waals surface area contributed by atoms with Crippen LogP contribution < -0.4 is 0 Å². The van der Waals surface area contributed by atoms with E-state index >= 15 is 0 Å². The number of carbonyl (C=O) groups excluding carboxylic acids is 2. The zero-order valence-electron chi connectivity index (χ0n) is 14.7. The number of ether oxygens (including phenoxy) is 1.